The number of hydrogen-bond acceptors (Lipinski definition) is 4. The molecule has 0 radical (unpaired) electrons. The van der Waals surface area contributed by atoms with E-state index >= 15 is 0 Å². The molecule has 1 saturated heterocycles. The molecule has 1 aromatic heterocycles. The van der Waals surface area contributed by atoms with Gasteiger partial charge >= 0.3 is 0 Å². The molecule has 3 aromatic rings. The van der Waals surface area contributed by atoms with Gasteiger partial charge in [-0.2, -0.15) is 0 Å². The van der Waals surface area contributed by atoms with E-state index < -0.39 is 17.8 Å². The zero-order valence-corrected chi connectivity index (χ0v) is 21.1. The molecule has 1 unspecified atom stereocenters. The minimum atomic E-state index is -0.980. The van der Waals surface area contributed by atoms with Crippen LogP contribution in [0.1, 0.15) is 72.9 Å². The van der Waals surface area contributed by atoms with Gasteiger partial charge in [0.25, 0.3) is 5.91 Å². The quantitative estimate of drug-likeness (QED) is 0.419. The molecule has 2 amide bonds. The number of likely N-dealkylation sites (tertiary alicyclic amines) is 1. The summed E-state index contributed by atoms with van der Waals surface area (Å²) in [6.07, 6.45) is 7.56. The van der Waals surface area contributed by atoms with E-state index in [1.165, 1.54) is 36.3 Å². The summed E-state index contributed by atoms with van der Waals surface area (Å²) in [5.41, 5.74) is 1.10. The van der Waals surface area contributed by atoms with Crippen LogP contribution in [0.5, 0.6) is 0 Å². The predicted octanol–water partition coefficient (Wildman–Crippen LogP) is 5.85. The summed E-state index contributed by atoms with van der Waals surface area (Å²) in [5.74, 6) is -0.184. The van der Waals surface area contributed by atoms with E-state index in [2.05, 4.69) is 10.2 Å². The zero-order valence-electron chi connectivity index (χ0n) is 21.1. The molecule has 0 spiro atoms. The van der Waals surface area contributed by atoms with Crippen molar-refractivity contribution >= 4 is 17.5 Å². The molecule has 0 bridgehead atoms. The second-order valence-corrected chi connectivity index (χ2v) is 10.1. The highest BCUT2D eigenvalue weighted by molar-refractivity contribution is 6.08. The van der Waals surface area contributed by atoms with E-state index in [1.807, 2.05) is 24.3 Å². The van der Waals surface area contributed by atoms with Crippen LogP contribution in [0, 0.1) is 5.82 Å². The summed E-state index contributed by atoms with van der Waals surface area (Å²) in [6.45, 7) is 2.70. The number of anilines is 1. The molecule has 2 aliphatic rings. The lowest BCUT2D eigenvalue weighted by molar-refractivity contribution is -0.123. The Labute approximate surface area is 217 Å². The molecule has 2 fully saturated rings. The average molecular weight is 504 g/mol. The van der Waals surface area contributed by atoms with Crippen molar-refractivity contribution in [3.8, 4) is 0 Å². The molecule has 1 atom stereocenters. The lowest BCUT2D eigenvalue weighted by Gasteiger charge is -2.31. The first kappa shape index (κ1) is 25.2. The maximum atomic E-state index is 14.0. The van der Waals surface area contributed by atoms with E-state index in [0.29, 0.717) is 17.8 Å². The number of amides is 2. The third kappa shape index (κ3) is 6.10. The SMILES string of the molecule is O=C(NC1CCCC1)C(c1ccc(F)cc1)N(C(=O)c1ccc(CN2CCCCC2)o1)c1ccccc1. The Kier molecular flexibility index (Phi) is 7.99. The summed E-state index contributed by atoms with van der Waals surface area (Å²) < 4.78 is 19.9. The minimum Gasteiger partial charge on any atom is -0.455 e. The summed E-state index contributed by atoms with van der Waals surface area (Å²) in [4.78, 5) is 31.6. The molecule has 5 rings (SSSR count). The van der Waals surface area contributed by atoms with Gasteiger partial charge in [-0.1, -0.05) is 49.6 Å². The van der Waals surface area contributed by atoms with Crippen LogP contribution < -0.4 is 10.2 Å². The lowest BCUT2D eigenvalue weighted by atomic mass is 10.0. The Bertz CT molecular complexity index is 1180. The van der Waals surface area contributed by atoms with Gasteiger partial charge in [0.1, 0.15) is 17.6 Å². The van der Waals surface area contributed by atoms with Crippen LogP contribution in [-0.4, -0.2) is 35.8 Å². The van der Waals surface area contributed by atoms with Crippen molar-refractivity contribution in [3.63, 3.8) is 0 Å². The standard InChI is InChI=1S/C30H34FN3O3/c31-23-15-13-22(14-16-23)28(29(35)32-24-9-5-6-10-24)34(25-11-3-1-4-12-25)30(36)27-18-17-26(37-27)21-33-19-7-2-8-20-33/h1,3-4,11-18,24,28H,2,5-10,19-21H2,(H,32,35). The van der Waals surface area contributed by atoms with Crippen LogP contribution in [0.15, 0.2) is 71.1 Å². The zero-order chi connectivity index (χ0) is 25.6. The number of carbonyl (C=O) groups excluding carboxylic acids is 2. The molecule has 1 aliphatic carbocycles. The summed E-state index contributed by atoms with van der Waals surface area (Å²) in [6, 6.07) is 17.5. The molecule has 1 aliphatic heterocycles. The van der Waals surface area contributed by atoms with Crippen molar-refractivity contribution < 1.29 is 18.4 Å². The normalized spacial score (nSPS) is 17.4. The molecule has 2 aromatic carbocycles. The van der Waals surface area contributed by atoms with Crippen LogP contribution in [0.3, 0.4) is 0 Å². The van der Waals surface area contributed by atoms with E-state index in [0.717, 1.165) is 44.5 Å². The van der Waals surface area contributed by atoms with Crippen LogP contribution >= 0.6 is 0 Å². The molecular formula is C30H34FN3O3. The molecule has 7 heteroatoms. The van der Waals surface area contributed by atoms with Gasteiger partial charge in [-0.15, -0.1) is 0 Å². The largest absolute Gasteiger partial charge is 0.455 e. The van der Waals surface area contributed by atoms with Crippen LogP contribution in [0.2, 0.25) is 0 Å². The van der Waals surface area contributed by atoms with Crippen molar-refractivity contribution in [3.05, 3.63) is 89.6 Å². The maximum Gasteiger partial charge on any atom is 0.294 e. The Morgan fingerprint density at radius 2 is 1.62 bits per heavy atom. The monoisotopic (exact) mass is 503 g/mol. The third-order valence-corrected chi connectivity index (χ3v) is 7.35. The van der Waals surface area contributed by atoms with Gasteiger partial charge in [-0.05, 0) is 80.7 Å². The lowest BCUT2D eigenvalue weighted by Crippen LogP contribution is -2.46. The van der Waals surface area contributed by atoms with Crippen molar-refractivity contribution in [1.29, 1.82) is 0 Å². The minimum absolute atomic E-state index is 0.0722. The number of nitrogens with one attached hydrogen (secondary N) is 1. The number of halogens is 1. The van der Waals surface area contributed by atoms with Gasteiger partial charge in [-0.3, -0.25) is 19.4 Å². The Morgan fingerprint density at radius 3 is 2.32 bits per heavy atom. The first-order valence-corrected chi connectivity index (χ1v) is 13.3. The number of furan rings is 1. The molecule has 6 nitrogen and oxygen atoms in total. The molecular weight excluding hydrogens is 469 g/mol. The average Bonchev–Trinajstić information content (AvgIpc) is 3.61. The highest BCUT2D eigenvalue weighted by atomic mass is 19.1. The number of nitrogens with zero attached hydrogens (tertiary/aromatic N) is 2. The summed E-state index contributed by atoms with van der Waals surface area (Å²) in [7, 11) is 0. The molecule has 37 heavy (non-hydrogen) atoms. The smallest absolute Gasteiger partial charge is 0.294 e. The molecule has 194 valence electrons. The van der Waals surface area contributed by atoms with Crippen LogP contribution in [-0.2, 0) is 11.3 Å². The number of benzene rings is 2. The fraction of sp³-hybridized carbons (Fsp3) is 0.400. The van der Waals surface area contributed by atoms with Crippen molar-refractivity contribution in [2.24, 2.45) is 0 Å². The molecule has 1 saturated carbocycles. The number of carbonyl (C=O) groups is 2. The Balaban J connectivity index is 1.48. The van der Waals surface area contributed by atoms with E-state index in [-0.39, 0.29) is 17.7 Å². The Hall–Kier alpha value is -3.45. The highest BCUT2D eigenvalue weighted by Crippen LogP contribution is 2.31. The second kappa shape index (κ2) is 11.7. The Morgan fingerprint density at radius 1 is 0.919 bits per heavy atom. The predicted molar refractivity (Wildman–Crippen MR) is 141 cm³/mol. The van der Waals surface area contributed by atoms with Gasteiger partial charge in [0.05, 0.1) is 6.54 Å². The van der Waals surface area contributed by atoms with E-state index in [4.69, 9.17) is 4.42 Å². The fourth-order valence-electron chi connectivity index (χ4n) is 5.42. The van der Waals surface area contributed by atoms with Crippen molar-refractivity contribution in [1.82, 2.24) is 10.2 Å². The highest BCUT2D eigenvalue weighted by Gasteiger charge is 2.36. The van der Waals surface area contributed by atoms with Gasteiger partial charge in [0, 0.05) is 11.7 Å². The van der Waals surface area contributed by atoms with Gasteiger partial charge in [-0.25, -0.2) is 4.39 Å². The fourth-order valence-corrected chi connectivity index (χ4v) is 5.42. The topological polar surface area (TPSA) is 65.8 Å². The van der Waals surface area contributed by atoms with Gasteiger partial charge < -0.3 is 9.73 Å². The second-order valence-electron chi connectivity index (χ2n) is 10.1. The number of para-hydroxylation sites is 1. The molecule has 1 N–H and O–H groups in total. The van der Waals surface area contributed by atoms with Gasteiger partial charge in [0.15, 0.2) is 5.76 Å². The van der Waals surface area contributed by atoms with E-state index in [1.54, 1.807) is 30.3 Å². The number of piperidine rings is 1. The van der Waals surface area contributed by atoms with Crippen molar-refractivity contribution in [2.75, 3.05) is 18.0 Å². The van der Waals surface area contributed by atoms with Crippen LogP contribution in [0.4, 0.5) is 10.1 Å². The summed E-state index contributed by atoms with van der Waals surface area (Å²) in [5, 5.41) is 3.14. The molecule has 2 heterocycles. The first-order chi connectivity index (χ1) is 18.1. The van der Waals surface area contributed by atoms with E-state index in [9.17, 15) is 14.0 Å². The summed E-state index contributed by atoms with van der Waals surface area (Å²) >= 11 is 0. The van der Waals surface area contributed by atoms with Crippen molar-refractivity contribution in [2.45, 2.75) is 63.6 Å². The maximum absolute atomic E-state index is 14.0. The van der Waals surface area contributed by atoms with Gasteiger partial charge in [0.2, 0.25) is 5.91 Å². The van der Waals surface area contributed by atoms with Crippen LogP contribution in [0.25, 0.3) is 0 Å². The third-order valence-electron chi connectivity index (χ3n) is 7.35. The number of hydrogen-bond donors (Lipinski definition) is 1. The number of rotatable bonds is 8. The first-order valence-electron chi connectivity index (χ1n) is 13.3.